The molecule has 0 aliphatic carbocycles. The van der Waals surface area contributed by atoms with Crippen molar-refractivity contribution in [2.45, 2.75) is 23.6 Å². The van der Waals surface area contributed by atoms with Gasteiger partial charge in [0.05, 0.1) is 23.0 Å². The SMILES string of the molecule is C=C(S(=O)(=O)c1ccc(C)cc1)S(=O)(=O)c1ccc(C)cc1.OCCO. The molecule has 0 spiro atoms. The molecule has 142 valence electrons. The lowest BCUT2D eigenvalue weighted by Crippen LogP contribution is -2.14. The second kappa shape index (κ2) is 9.09. The number of hydrogen-bond donors (Lipinski definition) is 2. The molecule has 0 aliphatic heterocycles. The smallest absolute Gasteiger partial charge is 0.217 e. The van der Waals surface area contributed by atoms with Crippen molar-refractivity contribution in [3.8, 4) is 0 Å². The van der Waals surface area contributed by atoms with Crippen molar-refractivity contribution in [2.75, 3.05) is 13.2 Å². The first-order chi connectivity index (χ1) is 12.1. The third-order valence-electron chi connectivity index (χ3n) is 3.36. The summed E-state index contributed by atoms with van der Waals surface area (Å²) in [6, 6.07) is 11.9. The van der Waals surface area contributed by atoms with Gasteiger partial charge in [-0.15, -0.1) is 0 Å². The van der Waals surface area contributed by atoms with Crippen LogP contribution in [0.3, 0.4) is 0 Å². The van der Waals surface area contributed by atoms with E-state index in [9.17, 15) is 16.8 Å². The Morgan fingerprint density at radius 1 is 0.731 bits per heavy atom. The largest absolute Gasteiger partial charge is 0.394 e. The van der Waals surface area contributed by atoms with Crippen LogP contribution in [0.4, 0.5) is 0 Å². The monoisotopic (exact) mass is 398 g/mol. The van der Waals surface area contributed by atoms with E-state index in [2.05, 4.69) is 6.58 Å². The van der Waals surface area contributed by atoms with Crippen LogP contribution in [0.15, 0.2) is 69.1 Å². The van der Waals surface area contributed by atoms with E-state index >= 15 is 0 Å². The summed E-state index contributed by atoms with van der Waals surface area (Å²) in [5, 5.41) is 15.2. The standard InChI is InChI=1S/C16H16O4S2.C2H6O2/c1-12-4-8-15(9-5-12)21(17,18)14(3)22(19,20)16-10-6-13(2)7-11-16;3-1-2-4/h4-11H,3H2,1-2H3;3-4H,1-2H2. The summed E-state index contributed by atoms with van der Waals surface area (Å²) >= 11 is 0. The Morgan fingerprint density at radius 3 is 1.23 bits per heavy atom. The van der Waals surface area contributed by atoms with Crippen LogP contribution in [0, 0.1) is 13.8 Å². The first-order valence-electron chi connectivity index (χ1n) is 7.61. The first kappa shape index (κ1) is 22.0. The topological polar surface area (TPSA) is 109 Å². The molecule has 2 aromatic carbocycles. The zero-order valence-corrected chi connectivity index (χ0v) is 16.2. The maximum absolute atomic E-state index is 12.5. The summed E-state index contributed by atoms with van der Waals surface area (Å²) in [5.41, 5.74) is 1.76. The zero-order chi connectivity index (χ0) is 20.0. The summed E-state index contributed by atoms with van der Waals surface area (Å²) in [4.78, 5) is -0.169. The van der Waals surface area contributed by atoms with Gasteiger partial charge in [0.25, 0.3) is 0 Å². The van der Waals surface area contributed by atoms with E-state index < -0.39 is 23.9 Å². The van der Waals surface area contributed by atoms with Crippen LogP contribution in [0.5, 0.6) is 0 Å². The van der Waals surface area contributed by atoms with Gasteiger partial charge < -0.3 is 10.2 Å². The first-order valence-corrected chi connectivity index (χ1v) is 10.6. The highest BCUT2D eigenvalue weighted by Crippen LogP contribution is 2.27. The minimum Gasteiger partial charge on any atom is -0.394 e. The molecule has 0 saturated carbocycles. The molecule has 0 unspecified atom stereocenters. The molecular formula is C18H22O6S2. The van der Waals surface area contributed by atoms with E-state index in [0.717, 1.165) is 11.1 Å². The number of aryl methyl sites for hydroxylation is 2. The van der Waals surface area contributed by atoms with Crippen LogP contribution < -0.4 is 0 Å². The Kier molecular flexibility index (Phi) is 7.70. The number of aliphatic hydroxyl groups is 2. The third-order valence-corrected chi connectivity index (χ3v) is 7.66. The molecule has 0 bridgehead atoms. The van der Waals surface area contributed by atoms with Crippen molar-refractivity contribution >= 4 is 19.7 Å². The molecule has 0 heterocycles. The second-order valence-electron chi connectivity index (χ2n) is 5.45. The minimum absolute atomic E-state index is 0.0845. The van der Waals surface area contributed by atoms with Gasteiger partial charge >= 0.3 is 0 Å². The number of benzene rings is 2. The highest BCUT2D eigenvalue weighted by atomic mass is 32.3. The molecule has 0 fully saturated rings. The number of rotatable bonds is 5. The fourth-order valence-corrected chi connectivity index (χ4v) is 5.09. The molecule has 0 aromatic heterocycles. The molecule has 8 heteroatoms. The second-order valence-corrected chi connectivity index (χ2v) is 9.65. The van der Waals surface area contributed by atoms with Gasteiger partial charge in [-0.1, -0.05) is 42.0 Å². The molecular weight excluding hydrogens is 376 g/mol. The van der Waals surface area contributed by atoms with Crippen LogP contribution in [-0.2, 0) is 19.7 Å². The molecule has 2 N–H and O–H groups in total. The van der Waals surface area contributed by atoms with E-state index in [-0.39, 0.29) is 23.0 Å². The fraction of sp³-hybridized carbons (Fsp3) is 0.222. The van der Waals surface area contributed by atoms with E-state index in [1.165, 1.54) is 24.3 Å². The number of hydrogen-bond acceptors (Lipinski definition) is 6. The van der Waals surface area contributed by atoms with Gasteiger partial charge in [0.1, 0.15) is 0 Å². The lowest BCUT2D eigenvalue weighted by atomic mass is 10.2. The highest BCUT2D eigenvalue weighted by Gasteiger charge is 2.31. The molecule has 2 aromatic rings. The zero-order valence-electron chi connectivity index (χ0n) is 14.6. The van der Waals surface area contributed by atoms with Crippen molar-refractivity contribution in [3.63, 3.8) is 0 Å². The molecule has 0 radical (unpaired) electrons. The molecule has 2 rings (SSSR count). The normalized spacial score (nSPS) is 11.4. The molecule has 0 aliphatic rings. The van der Waals surface area contributed by atoms with Crippen molar-refractivity contribution in [1.29, 1.82) is 0 Å². The van der Waals surface area contributed by atoms with E-state index in [1.54, 1.807) is 24.3 Å². The predicted molar refractivity (Wildman–Crippen MR) is 100 cm³/mol. The van der Waals surface area contributed by atoms with Crippen molar-refractivity contribution in [1.82, 2.24) is 0 Å². The van der Waals surface area contributed by atoms with Crippen LogP contribution in [0.1, 0.15) is 11.1 Å². The average molecular weight is 399 g/mol. The Morgan fingerprint density at radius 2 is 1.00 bits per heavy atom. The van der Waals surface area contributed by atoms with Crippen molar-refractivity contribution in [2.24, 2.45) is 0 Å². The van der Waals surface area contributed by atoms with Crippen molar-refractivity contribution < 1.29 is 27.0 Å². The average Bonchev–Trinajstić information content (AvgIpc) is 2.62. The van der Waals surface area contributed by atoms with Gasteiger partial charge in [0.15, 0.2) is 4.24 Å². The Bertz CT molecular complexity index is 862. The summed E-state index contributed by atoms with van der Waals surface area (Å²) < 4.78 is 49.0. The summed E-state index contributed by atoms with van der Waals surface area (Å²) in [5.74, 6) is 0. The van der Waals surface area contributed by atoms with E-state index in [4.69, 9.17) is 10.2 Å². The Labute approximate surface area is 154 Å². The van der Waals surface area contributed by atoms with Gasteiger partial charge in [-0.05, 0) is 38.1 Å². The molecule has 0 saturated heterocycles. The van der Waals surface area contributed by atoms with Gasteiger partial charge in [-0.25, -0.2) is 16.8 Å². The number of aliphatic hydroxyl groups excluding tert-OH is 2. The van der Waals surface area contributed by atoms with Crippen LogP contribution in [0.2, 0.25) is 0 Å². The van der Waals surface area contributed by atoms with Gasteiger partial charge in [0.2, 0.25) is 19.7 Å². The lowest BCUT2D eigenvalue weighted by molar-refractivity contribution is 0.186. The number of sulfone groups is 2. The maximum atomic E-state index is 12.5. The summed E-state index contributed by atoms with van der Waals surface area (Å²) in [7, 11) is -8.31. The maximum Gasteiger partial charge on any atom is 0.217 e. The quantitative estimate of drug-likeness (QED) is 0.797. The molecule has 0 amide bonds. The fourth-order valence-electron chi connectivity index (χ4n) is 1.84. The minimum atomic E-state index is -4.15. The van der Waals surface area contributed by atoms with Crippen LogP contribution >= 0.6 is 0 Å². The van der Waals surface area contributed by atoms with Crippen LogP contribution in [0.25, 0.3) is 0 Å². The highest BCUT2D eigenvalue weighted by molar-refractivity contribution is 8.14. The summed E-state index contributed by atoms with van der Waals surface area (Å²) in [6.07, 6.45) is 0. The van der Waals surface area contributed by atoms with Gasteiger partial charge in [-0.3, -0.25) is 0 Å². The van der Waals surface area contributed by atoms with Gasteiger partial charge in [-0.2, -0.15) is 0 Å². The summed E-state index contributed by atoms with van der Waals surface area (Å²) in [6.45, 7) is 6.70. The van der Waals surface area contributed by atoms with E-state index in [1.807, 2.05) is 13.8 Å². The Balaban J connectivity index is 0.000000765. The van der Waals surface area contributed by atoms with Crippen molar-refractivity contribution in [3.05, 3.63) is 70.5 Å². The van der Waals surface area contributed by atoms with Gasteiger partial charge in [0, 0.05) is 0 Å². The molecule has 0 atom stereocenters. The lowest BCUT2D eigenvalue weighted by Gasteiger charge is -2.09. The third kappa shape index (κ3) is 5.25. The van der Waals surface area contributed by atoms with E-state index in [0.29, 0.717) is 0 Å². The van der Waals surface area contributed by atoms with Crippen LogP contribution in [-0.4, -0.2) is 40.3 Å². The Hall–Kier alpha value is -2.00. The molecule has 26 heavy (non-hydrogen) atoms. The molecule has 6 nitrogen and oxygen atoms in total. The predicted octanol–water partition coefficient (Wildman–Crippen LogP) is 1.99.